The van der Waals surface area contributed by atoms with Gasteiger partial charge in [-0.05, 0) is 54.7 Å². The molecule has 0 radical (unpaired) electrons. The van der Waals surface area contributed by atoms with Gasteiger partial charge < -0.3 is 5.11 Å². The first kappa shape index (κ1) is 12.7. The molecule has 0 saturated heterocycles. The van der Waals surface area contributed by atoms with Crippen molar-refractivity contribution in [3.8, 4) is 5.75 Å². The molecule has 1 aliphatic rings. The predicted octanol–water partition coefficient (Wildman–Crippen LogP) is 3.99. The van der Waals surface area contributed by atoms with Gasteiger partial charge in [0.05, 0.1) is 0 Å². The van der Waals surface area contributed by atoms with Gasteiger partial charge >= 0.3 is 0 Å². The average Bonchev–Trinajstić information content (AvgIpc) is 2.48. The van der Waals surface area contributed by atoms with Crippen molar-refractivity contribution in [2.45, 2.75) is 19.8 Å². The van der Waals surface area contributed by atoms with Crippen molar-refractivity contribution >= 4 is 11.4 Å². The number of rotatable bonds is 1. The van der Waals surface area contributed by atoms with Gasteiger partial charge in [0, 0.05) is 11.1 Å². The lowest BCUT2D eigenvalue weighted by Crippen LogP contribution is -2.15. The fraction of sp³-hybridized carbons (Fsp3) is 0.167. The smallest absolute Gasteiger partial charge is 0.189 e. The third-order valence-electron chi connectivity index (χ3n) is 3.91. The molecular weight excluding hydrogens is 248 g/mol. The van der Waals surface area contributed by atoms with Gasteiger partial charge in [-0.25, -0.2) is 0 Å². The Labute approximate surface area is 118 Å². The fourth-order valence-corrected chi connectivity index (χ4v) is 2.76. The molecule has 0 aliphatic heterocycles. The zero-order chi connectivity index (χ0) is 14.1. The second-order valence-corrected chi connectivity index (χ2v) is 5.14. The number of carbonyl (C=O) groups is 1. The van der Waals surface area contributed by atoms with E-state index in [1.54, 1.807) is 18.2 Å². The van der Waals surface area contributed by atoms with Gasteiger partial charge in [0.25, 0.3) is 0 Å². The van der Waals surface area contributed by atoms with Crippen molar-refractivity contribution in [3.63, 3.8) is 0 Å². The van der Waals surface area contributed by atoms with Crippen molar-refractivity contribution in [2.75, 3.05) is 0 Å². The SMILES string of the molecule is C/C(=C1/CCc2cc(O)ccc2C1=O)c1ccccc1. The van der Waals surface area contributed by atoms with Crippen LogP contribution in [0.25, 0.3) is 5.57 Å². The predicted molar refractivity (Wildman–Crippen MR) is 79.8 cm³/mol. The molecule has 0 bridgehead atoms. The Morgan fingerprint density at radius 1 is 1.05 bits per heavy atom. The van der Waals surface area contributed by atoms with Crippen LogP contribution in [0.1, 0.15) is 34.8 Å². The number of allylic oxidation sites excluding steroid dienone is 2. The summed E-state index contributed by atoms with van der Waals surface area (Å²) >= 11 is 0. The minimum absolute atomic E-state index is 0.0904. The maximum Gasteiger partial charge on any atom is 0.189 e. The fourth-order valence-electron chi connectivity index (χ4n) is 2.76. The quantitative estimate of drug-likeness (QED) is 0.791. The van der Waals surface area contributed by atoms with E-state index >= 15 is 0 Å². The summed E-state index contributed by atoms with van der Waals surface area (Å²) in [6.45, 7) is 2.01. The van der Waals surface area contributed by atoms with Crippen molar-refractivity contribution in [2.24, 2.45) is 0 Å². The van der Waals surface area contributed by atoms with Crippen molar-refractivity contribution in [3.05, 3.63) is 70.8 Å². The second-order valence-electron chi connectivity index (χ2n) is 5.14. The molecule has 100 valence electrons. The average molecular weight is 264 g/mol. The number of aromatic hydroxyl groups is 1. The van der Waals surface area contributed by atoms with E-state index in [0.29, 0.717) is 0 Å². The Hall–Kier alpha value is -2.35. The number of carbonyl (C=O) groups excluding carboxylic acids is 1. The van der Waals surface area contributed by atoms with Crippen molar-refractivity contribution in [1.82, 2.24) is 0 Å². The van der Waals surface area contributed by atoms with Gasteiger partial charge in [0.15, 0.2) is 5.78 Å². The third kappa shape index (κ3) is 2.14. The Morgan fingerprint density at radius 3 is 2.55 bits per heavy atom. The molecule has 0 fully saturated rings. The van der Waals surface area contributed by atoms with Crippen LogP contribution in [0.4, 0.5) is 0 Å². The summed E-state index contributed by atoms with van der Waals surface area (Å²) in [7, 11) is 0. The Balaban J connectivity index is 2.06. The maximum atomic E-state index is 12.6. The van der Waals surface area contributed by atoms with Gasteiger partial charge in [-0.2, -0.15) is 0 Å². The summed E-state index contributed by atoms with van der Waals surface area (Å²) < 4.78 is 0. The van der Waals surface area contributed by atoms with Crippen LogP contribution >= 0.6 is 0 Å². The summed E-state index contributed by atoms with van der Waals surface area (Å²) in [4.78, 5) is 12.6. The van der Waals surface area contributed by atoms with E-state index in [2.05, 4.69) is 0 Å². The number of benzene rings is 2. The molecule has 0 unspecified atom stereocenters. The zero-order valence-corrected chi connectivity index (χ0v) is 11.4. The topological polar surface area (TPSA) is 37.3 Å². The van der Waals surface area contributed by atoms with Crippen LogP contribution in [0.5, 0.6) is 5.75 Å². The molecule has 0 heterocycles. The first-order chi connectivity index (χ1) is 9.66. The number of aryl methyl sites for hydroxylation is 1. The first-order valence-electron chi connectivity index (χ1n) is 6.78. The Kier molecular flexibility index (Phi) is 3.15. The summed E-state index contributed by atoms with van der Waals surface area (Å²) in [6.07, 6.45) is 1.53. The van der Waals surface area contributed by atoms with Gasteiger partial charge in [-0.15, -0.1) is 0 Å². The molecule has 2 heteroatoms. The molecule has 2 aromatic carbocycles. The summed E-state index contributed by atoms with van der Waals surface area (Å²) in [5, 5.41) is 9.50. The van der Waals surface area contributed by atoms with Crippen LogP contribution in [-0.2, 0) is 6.42 Å². The van der Waals surface area contributed by atoms with Crippen LogP contribution in [0.2, 0.25) is 0 Å². The molecule has 0 atom stereocenters. The molecule has 3 rings (SSSR count). The lowest BCUT2D eigenvalue weighted by Gasteiger charge is -2.20. The molecule has 0 aromatic heterocycles. The second kappa shape index (κ2) is 4.97. The van der Waals surface area contributed by atoms with Crippen LogP contribution in [0.15, 0.2) is 54.1 Å². The first-order valence-corrected chi connectivity index (χ1v) is 6.78. The highest BCUT2D eigenvalue weighted by atomic mass is 16.3. The number of ketones is 1. The zero-order valence-electron chi connectivity index (χ0n) is 11.4. The normalized spacial score (nSPS) is 16.8. The summed E-state index contributed by atoms with van der Waals surface area (Å²) in [5.74, 6) is 0.316. The Morgan fingerprint density at radius 2 is 1.80 bits per heavy atom. The Bertz CT molecular complexity index is 697. The molecule has 2 aromatic rings. The van der Waals surface area contributed by atoms with E-state index in [0.717, 1.165) is 40.7 Å². The van der Waals surface area contributed by atoms with Gasteiger partial charge in [0.1, 0.15) is 5.75 Å². The van der Waals surface area contributed by atoms with Crippen LogP contribution in [0.3, 0.4) is 0 Å². The van der Waals surface area contributed by atoms with Crippen molar-refractivity contribution in [1.29, 1.82) is 0 Å². The number of fused-ring (bicyclic) bond motifs is 1. The van der Waals surface area contributed by atoms with Gasteiger partial charge in [-0.1, -0.05) is 30.3 Å². The highest BCUT2D eigenvalue weighted by molar-refractivity contribution is 6.14. The number of hydrogen-bond donors (Lipinski definition) is 1. The van der Waals surface area contributed by atoms with Crippen molar-refractivity contribution < 1.29 is 9.90 Å². The van der Waals surface area contributed by atoms with Gasteiger partial charge in [0.2, 0.25) is 0 Å². The standard InChI is InChI=1S/C18H16O2/c1-12(13-5-3-2-4-6-13)16-9-7-14-11-15(19)8-10-17(14)18(16)20/h2-6,8,10-11,19H,7,9H2,1H3/b16-12+. The number of hydrogen-bond acceptors (Lipinski definition) is 2. The highest BCUT2D eigenvalue weighted by Crippen LogP contribution is 2.32. The summed E-state index contributed by atoms with van der Waals surface area (Å²) in [6, 6.07) is 15.0. The molecule has 1 N–H and O–H groups in total. The van der Waals surface area contributed by atoms with E-state index in [9.17, 15) is 9.90 Å². The maximum absolute atomic E-state index is 12.6. The molecule has 0 spiro atoms. The van der Waals surface area contributed by atoms with Gasteiger partial charge in [-0.3, -0.25) is 4.79 Å². The van der Waals surface area contributed by atoms with E-state index in [4.69, 9.17) is 0 Å². The molecule has 0 saturated carbocycles. The molecule has 1 aliphatic carbocycles. The molecule has 2 nitrogen and oxygen atoms in total. The van der Waals surface area contributed by atoms with Crippen LogP contribution in [0, 0.1) is 0 Å². The minimum Gasteiger partial charge on any atom is -0.508 e. The lowest BCUT2D eigenvalue weighted by molar-refractivity contribution is 0.102. The van der Waals surface area contributed by atoms with E-state index in [-0.39, 0.29) is 11.5 Å². The number of Topliss-reactive ketones (excluding diaryl/α,β-unsaturated/α-hetero) is 1. The van der Waals surface area contributed by atoms with E-state index in [1.807, 2.05) is 37.3 Å². The largest absolute Gasteiger partial charge is 0.508 e. The van der Waals surface area contributed by atoms with E-state index in [1.165, 1.54) is 0 Å². The number of phenols is 1. The number of phenolic OH excluding ortho intramolecular Hbond substituents is 1. The molecule has 20 heavy (non-hydrogen) atoms. The molecule has 0 amide bonds. The summed E-state index contributed by atoms with van der Waals surface area (Å²) in [5.41, 5.74) is 4.70. The third-order valence-corrected chi connectivity index (χ3v) is 3.91. The molecular formula is C18H16O2. The van der Waals surface area contributed by atoms with Crippen LogP contribution < -0.4 is 0 Å². The minimum atomic E-state index is 0.0904. The highest BCUT2D eigenvalue weighted by Gasteiger charge is 2.24. The van der Waals surface area contributed by atoms with E-state index < -0.39 is 0 Å². The lowest BCUT2D eigenvalue weighted by atomic mass is 9.83. The monoisotopic (exact) mass is 264 g/mol. The van der Waals surface area contributed by atoms with Crippen LogP contribution in [-0.4, -0.2) is 10.9 Å².